The first kappa shape index (κ1) is 19.7. The average Bonchev–Trinajstić information content (AvgIpc) is 2.62. The van der Waals surface area contributed by atoms with Gasteiger partial charge in [0.1, 0.15) is 5.82 Å². The maximum absolute atomic E-state index is 13.8. The highest BCUT2D eigenvalue weighted by atomic mass is 19.1. The summed E-state index contributed by atoms with van der Waals surface area (Å²) in [4.78, 5) is 14.0. The number of anilines is 1. The van der Waals surface area contributed by atoms with Gasteiger partial charge in [-0.05, 0) is 55.8 Å². The number of nitrogens with one attached hydrogen (secondary N) is 1. The molecule has 0 saturated carbocycles. The Morgan fingerprint density at radius 1 is 1.12 bits per heavy atom. The molecule has 6 heteroatoms. The molecule has 0 unspecified atom stereocenters. The van der Waals surface area contributed by atoms with Crippen molar-refractivity contribution in [2.45, 2.75) is 13.3 Å². The molecule has 0 bridgehead atoms. The predicted octanol–water partition coefficient (Wildman–Crippen LogP) is 3.26. The van der Waals surface area contributed by atoms with Crippen molar-refractivity contribution < 1.29 is 18.7 Å². The van der Waals surface area contributed by atoms with E-state index in [1.807, 2.05) is 30.1 Å². The van der Waals surface area contributed by atoms with Crippen LogP contribution in [0.15, 0.2) is 36.4 Å². The molecule has 0 aromatic heterocycles. The molecule has 0 radical (unpaired) electrons. The van der Waals surface area contributed by atoms with Crippen LogP contribution in [0, 0.1) is 12.7 Å². The lowest BCUT2D eigenvalue weighted by Crippen LogP contribution is -2.31. The number of hydrogen-bond acceptors (Lipinski definition) is 4. The molecule has 1 N–H and O–H groups in total. The molecule has 5 nitrogen and oxygen atoms in total. The van der Waals surface area contributed by atoms with Gasteiger partial charge in [-0.1, -0.05) is 12.1 Å². The predicted molar refractivity (Wildman–Crippen MR) is 101 cm³/mol. The number of likely N-dealkylation sites (N-methyl/N-ethyl adjacent to an activating group) is 1. The van der Waals surface area contributed by atoms with E-state index in [1.165, 1.54) is 6.07 Å². The molecular formula is C20H25FN2O3. The first-order valence-electron chi connectivity index (χ1n) is 8.38. The van der Waals surface area contributed by atoms with Crippen LogP contribution in [-0.2, 0) is 11.2 Å². The lowest BCUT2D eigenvalue weighted by molar-refractivity contribution is -0.117. The van der Waals surface area contributed by atoms with E-state index in [-0.39, 0.29) is 18.1 Å². The van der Waals surface area contributed by atoms with Crippen LogP contribution in [0.25, 0.3) is 0 Å². The van der Waals surface area contributed by atoms with Crippen molar-refractivity contribution in [3.63, 3.8) is 0 Å². The van der Waals surface area contributed by atoms with Gasteiger partial charge in [0.2, 0.25) is 5.91 Å². The summed E-state index contributed by atoms with van der Waals surface area (Å²) >= 11 is 0. The third-order valence-electron chi connectivity index (χ3n) is 4.04. The summed E-state index contributed by atoms with van der Waals surface area (Å²) in [5, 5.41) is 2.61. The number of rotatable bonds is 8. The van der Waals surface area contributed by atoms with Crippen molar-refractivity contribution in [1.82, 2.24) is 4.90 Å². The Balaban J connectivity index is 1.86. The molecule has 2 aromatic rings. The Hall–Kier alpha value is -2.60. The van der Waals surface area contributed by atoms with E-state index in [1.54, 1.807) is 33.3 Å². The molecule has 1 amide bonds. The summed E-state index contributed by atoms with van der Waals surface area (Å²) < 4.78 is 24.3. The summed E-state index contributed by atoms with van der Waals surface area (Å²) in [5.41, 5.74) is 2.10. The van der Waals surface area contributed by atoms with E-state index in [2.05, 4.69) is 5.32 Å². The van der Waals surface area contributed by atoms with Crippen LogP contribution in [0.4, 0.5) is 10.1 Å². The van der Waals surface area contributed by atoms with Crippen molar-refractivity contribution >= 4 is 11.6 Å². The lowest BCUT2D eigenvalue weighted by Gasteiger charge is -2.17. The van der Waals surface area contributed by atoms with Gasteiger partial charge in [-0.2, -0.15) is 0 Å². The van der Waals surface area contributed by atoms with E-state index >= 15 is 0 Å². The number of carbonyl (C=O) groups excluding carboxylic acids is 1. The minimum absolute atomic E-state index is 0.181. The summed E-state index contributed by atoms with van der Waals surface area (Å²) in [7, 11) is 5.05. The first-order valence-corrected chi connectivity index (χ1v) is 8.38. The number of aryl methyl sites for hydroxylation is 1. The molecule has 0 spiro atoms. The minimum Gasteiger partial charge on any atom is -0.493 e. The van der Waals surface area contributed by atoms with Crippen LogP contribution in [-0.4, -0.2) is 45.2 Å². The molecule has 2 rings (SSSR count). The van der Waals surface area contributed by atoms with Crippen LogP contribution < -0.4 is 14.8 Å². The number of hydrogen-bond donors (Lipinski definition) is 1. The van der Waals surface area contributed by atoms with Crippen molar-refractivity contribution in [2.75, 3.05) is 39.7 Å². The number of carbonyl (C=O) groups is 1. The quantitative estimate of drug-likeness (QED) is 0.785. The Morgan fingerprint density at radius 3 is 2.50 bits per heavy atom. The fourth-order valence-electron chi connectivity index (χ4n) is 2.59. The van der Waals surface area contributed by atoms with Crippen LogP contribution in [0.2, 0.25) is 0 Å². The summed E-state index contributed by atoms with van der Waals surface area (Å²) in [6, 6.07) is 10.5. The normalized spacial score (nSPS) is 10.7. The molecule has 2 aromatic carbocycles. The highest BCUT2D eigenvalue weighted by Crippen LogP contribution is 2.27. The molecule has 0 atom stereocenters. The summed E-state index contributed by atoms with van der Waals surface area (Å²) in [5.74, 6) is 0.693. The highest BCUT2D eigenvalue weighted by molar-refractivity contribution is 5.92. The molecule has 26 heavy (non-hydrogen) atoms. The number of ether oxygens (including phenoxy) is 2. The Kier molecular flexibility index (Phi) is 6.97. The molecular weight excluding hydrogens is 335 g/mol. The van der Waals surface area contributed by atoms with Gasteiger partial charge >= 0.3 is 0 Å². The Labute approximate surface area is 153 Å². The van der Waals surface area contributed by atoms with Crippen molar-refractivity contribution in [3.8, 4) is 11.5 Å². The topological polar surface area (TPSA) is 50.8 Å². The third kappa shape index (κ3) is 5.46. The van der Waals surface area contributed by atoms with E-state index in [4.69, 9.17) is 9.47 Å². The smallest absolute Gasteiger partial charge is 0.238 e. The zero-order valence-corrected chi connectivity index (χ0v) is 15.6. The van der Waals surface area contributed by atoms with Crippen LogP contribution in [0.3, 0.4) is 0 Å². The number of amides is 1. The first-order chi connectivity index (χ1) is 12.4. The maximum atomic E-state index is 13.8. The molecule has 0 saturated heterocycles. The van der Waals surface area contributed by atoms with Gasteiger partial charge in [-0.3, -0.25) is 9.69 Å². The molecule has 0 aliphatic carbocycles. The Morgan fingerprint density at radius 2 is 1.85 bits per heavy atom. The second-order valence-corrected chi connectivity index (χ2v) is 6.21. The van der Waals surface area contributed by atoms with Gasteiger partial charge in [-0.25, -0.2) is 4.39 Å². The van der Waals surface area contributed by atoms with E-state index in [0.29, 0.717) is 18.0 Å². The van der Waals surface area contributed by atoms with Gasteiger partial charge in [0.05, 0.1) is 26.5 Å². The monoisotopic (exact) mass is 360 g/mol. The zero-order valence-electron chi connectivity index (χ0n) is 15.6. The SMILES string of the molecule is COc1ccc(CCN(C)CC(=O)Nc2ccc(C)cc2F)cc1OC. The lowest BCUT2D eigenvalue weighted by atomic mass is 10.1. The zero-order chi connectivity index (χ0) is 19.1. The fourth-order valence-corrected chi connectivity index (χ4v) is 2.59. The standard InChI is InChI=1S/C20H25FN2O3/c1-14-5-7-17(16(21)11-14)22-20(24)13-23(2)10-9-15-6-8-18(25-3)19(12-15)26-4/h5-8,11-12H,9-10,13H2,1-4H3,(H,22,24). The number of benzene rings is 2. The second kappa shape index (κ2) is 9.20. The van der Waals surface area contributed by atoms with Gasteiger partial charge in [-0.15, -0.1) is 0 Å². The van der Waals surface area contributed by atoms with E-state index in [9.17, 15) is 9.18 Å². The second-order valence-electron chi connectivity index (χ2n) is 6.21. The van der Waals surface area contributed by atoms with Crippen LogP contribution in [0.1, 0.15) is 11.1 Å². The van der Waals surface area contributed by atoms with E-state index in [0.717, 1.165) is 17.5 Å². The molecule has 0 aliphatic rings. The van der Waals surface area contributed by atoms with E-state index < -0.39 is 5.82 Å². The highest BCUT2D eigenvalue weighted by Gasteiger charge is 2.11. The van der Waals surface area contributed by atoms with Crippen molar-refractivity contribution in [3.05, 3.63) is 53.3 Å². The largest absolute Gasteiger partial charge is 0.493 e. The maximum Gasteiger partial charge on any atom is 0.238 e. The van der Waals surface area contributed by atoms with Crippen LogP contribution >= 0.6 is 0 Å². The molecule has 0 aliphatic heterocycles. The summed E-state index contributed by atoms with van der Waals surface area (Å²) in [6.45, 7) is 2.66. The Bertz CT molecular complexity index is 765. The van der Waals surface area contributed by atoms with Gasteiger partial charge in [0.25, 0.3) is 0 Å². The van der Waals surface area contributed by atoms with Gasteiger partial charge < -0.3 is 14.8 Å². The third-order valence-corrected chi connectivity index (χ3v) is 4.04. The van der Waals surface area contributed by atoms with Gasteiger partial charge in [0, 0.05) is 6.54 Å². The molecule has 0 heterocycles. The van der Waals surface area contributed by atoms with Crippen molar-refractivity contribution in [1.29, 1.82) is 0 Å². The number of methoxy groups -OCH3 is 2. The molecule has 0 fully saturated rings. The number of halogens is 1. The van der Waals surface area contributed by atoms with Crippen molar-refractivity contribution in [2.24, 2.45) is 0 Å². The van der Waals surface area contributed by atoms with Crippen LogP contribution in [0.5, 0.6) is 11.5 Å². The number of nitrogens with zero attached hydrogens (tertiary/aromatic N) is 1. The summed E-state index contributed by atoms with van der Waals surface area (Å²) in [6.07, 6.45) is 0.753. The molecule has 140 valence electrons. The average molecular weight is 360 g/mol. The minimum atomic E-state index is -0.425. The fraction of sp³-hybridized carbons (Fsp3) is 0.350. The van der Waals surface area contributed by atoms with Gasteiger partial charge in [0.15, 0.2) is 11.5 Å².